The number of nitrogens with zero attached hydrogens (tertiary/aromatic N) is 3. The number of benzene rings is 1. The van der Waals surface area contributed by atoms with Gasteiger partial charge in [-0.1, -0.05) is 16.8 Å². The molecule has 5 nitrogen and oxygen atoms in total. The Bertz CT molecular complexity index is 585. The SMILES string of the molecule is O=C(O)CCc1cn(-c2ccc(Br)c(Cl)c2)nn1. The predicted octanol–water partition coefficient (Wildman–Crippen LogP) is 2.70. The van der Waals surface area contributed by atoms with Crippen molar-refractivity contribution in [1.82, 2.24) is 15.0 Å². The van der Waals surface area contributed by atoms with Gasteiger partial charge in [-0.25, -0.2) is 4.68 Å². The van der Waals surface area contributed by atoms with Crippen LogP contribution >= 0.6 is 27.5 Å². The first-order valence-electron chi connectivity index (χ1n) is 5.14. The van der Waals surface area contributed by atoms with Gasteiger partial charge in [0.15, 0.2) is 0 Å². The van der Waals surface area contributed by atoms with Crippen molar-refractivity contribution in [2.24, 2.45) is 0 Å². The first kappa shape index (κ1) is 13.0. The van der Waals surface area contributed by atoms with E-state index in [2.05, 4.69) is 26.2 Å². The zero-order valence-corrected chi connectivity index (χ0v) is 11.5. The van der Waals surface area contributed by atoms with Gasteiger partial charge in [0.1, 0.15) is 0 Å². The second-order valence-electron chi connectivity index (χ2n) is 3.65. The summed E-state index contributed by atoms with van der Waals surface area (Å²) in [6.07, 6.45) is 2.10. The maximum atomic E-state index is 10.5. The summed E-state index contributed by atoms with van der Waals surface area (Å²) in [6.45, 7) is 0. The van der Waals surface area contributed by atoms with E-state index in [4.69, 9.17) is 16.7 Å². The van der Waals surface area contributed by atoms with Gasteiger partial charge in [0.25, 0.3) is 0 Å². The summed E-state index contributed by atoms with van der Waals surface area (Å²) < 4.78 is 2.37. The average molecular weight is 331 g/mol. The van der Waals surface area contributed by atoms with Crippen molar-refractivity contribution in [3.05, 3.63) is 39.6 Å². The third-order valence-corrected chi connectivity index (χ3v) is 3.54. The van der Waals surface area contributed by atoms with Crippen molar-refractivity contribution in [1.29, 1.82) is 0 Å². The standard InChI is InChI=1S/C11H9BrClN3O2/c12-9-3-2-8(5-10(9)13)16-6-7(14-15-16)1-4-11(17)18/h2-3,5-6H,1,4H2,(H,17,18). The average Bonchev–Trinajstić information content (AvgIpc) is 2.79. The number of carbonyl (C=O) groups is 1. The Morgan fingerprint density at radius 3 is 2.94 bits per heavy atom. The molecule has 18 heavy (non-hydrogen) atoms. The van der Waals surface area contributed by atoms with Gasteiger partial charge in [0.2, 0.25) is 0 Å². The van der Waals surface area contributed by atoms with E-state index in [9.17, 15) is 4.79 Å². The highest BCUT2D eigenvalue weighted by Gasteiger charge is 2.06. The summed E-state index contributed by atoms with van der Waals surface area (Å²) in [5.74, 6) is -0.851. The number of halogens is 2. The molecule has 0 bridgehead atoms. The Kier molecular flexibility index (Phi) is 3.98. The second-order valence-corrected chi connectivity index (χ2v) is 4.91. The third-order valence-electron chi connectivity index (χ3n) is 2.30. The fraction of sp³-hybridized carbons (Fsp3) is 0.182. The van der Waals surface area contributed by atoms with E-state index in [-0.39, 0.29) is 6.42 Å². The van der Waals surface area contributed by atoms with E-state index in [1.54, 1.807) is 16.9 Å². The molecule has 2 rings (SSSR count). The lowest BCUT2D eigenvalue weighted by Gasteiger charge is -2.01. The van der Waals surface area contributed by atoms with E-state index >= 15 is 0 Å². The summed E-state index contributed by atoms with van der Waals surface area (Å²) in [6, 6.07) is 5.41. The number of hydrogen-bond donors (Lipinski definition) is 1. The lowest BCUT2D eigenvalue weighted by molar-refractivity contribution is -0.136. The number of rotatable bonds is 4. The molecular weight excluding hydrogens is 321 g/mol. The molecule has 0 saturated carbocycles. The van der Waals surface area contributed by atoms with Gasteiger partial charge in [-0.2, -0.15) is 0 Å². The molecule has 0 aliphatic heterocycles. The molecule has 0 unspecified atom stereocenters. The molecule has 0 aliphatic carbocycles. The maximum Gasteiger partial charge on any atom is 0.303 e. The maximum absolute atomic E-state index is 10.5. The van der Waals surface area contributed by atoms with Crippen LogP contribution in [0, 0.1) is 0 Å². The molecular formula is C11H9BrClN3O2. The number of aliphatic carboxylic acids is 1. The van der Waals surface area contributed by atoms with Gasteiger partial charge in [0, 0.05) is 10.9 Å². The molecule has 0 saturated heterocycles. The van der Waals surface area contributed by atoms with E-state index in [0.29, 0.717) is 17.1 Å². The zero-order chi connectivity index (χ0) is 13.1. The minimum absolute atomic E-state index is 0.0415. The van der Waals surface area contributed by atoms with Crippen molar-refractivity contribution in [3.8, 4) is 5.69 Å². The van der Waals surface area contributed by atoms with E-state index < -0.39 is 5.97 Å². The van der Waals surface area contributed by atoms with Crippen LogP contribution in [-0.4, -0.2) is 26.1 Å². The molecule has 0 radical (unpaired) electrons. The number of aryl methyl sites for hydroxylation is 1. The number of carboxylic acids is 1. The highest BCUT2D eigenvalue weighted by atomic mass is 79.9. The molecule has 94 valence electrons. The molecule has 1 aromatic carbocycles. The lowest BCUT2D eigenvalue weighted by atomic mass is 10.2. The number of carboxylic acid groups (broad SMARTS) is 1. The zero-order valence-electron chi connectivity index (χ0n) is 9.18. The molecule has 1 N–H and O–H groups in total. The first-order chi connectivity index (χ1) is 8.56. The van der Waals surface area contributed by atoms with Gasteiger partial charge in [-0.05, 0) is 34.1 Å². The summed E-state index contributed by atoms with van der Waals surface area (Å²) >= 11 is 9.29. The molecule has 0 atom stereocenters. The van der Waals surface area contributed by atoms with Crippen LogP contribution in [-0.2, 0) is 11.2 Å². The summed E-state index contributed by atoms with van der Waals surface area (Å²) in [5, 5.41) is 17.0. The van der Waals surface area contributed by atoms with Crippen molar-refractivity contribution < 1.29 is 9.90 Å². The monoisotopic (exact) mass is 329 g/mol. The topological polar surface area (TPSA) is 68.0 Å². The van der Waals surface area contributed by atoms with Crippen LogP contribution in [0.4, 0.5) is 0 Å². The third kappa shape index (κ3) is 3.08. The summed E-state index contributed by atoms with van der Waals surface area (Å²) in [4.78, 5) is 10.5. The van der Waals surface area contributed by atoms with E-state index in [1.807, 2.05) is 12.1 Å². The highest BCUT2D eigenvalue weighted by Crippen LogP contribution is 2.24. The van der Waals surface area contributed by atoms with Crippen LogP contribution in [0.15, 0.2) is 28.9 Å². The number of aromatic nitrogens is 3. The summed E-state index contributed by atoms with van der Waals surface area (Å²) in [7, 11) is 0. The van der Waals surface area contributed by atoms with Crippen molar-refractivity contribution in [2.75, 3.05) is 0 Å². The van der Waals surface area contributed by atoms with Gasteiger partial charge < -0.3 is 5.11 Å². The normalized spacial score (nSPS) is 10.6. The number of hydrogen-bond acceptors (Lipinski definition) is 3. The molecule has 0 amide bonds. The Morgan fingerprint density at radius 2 is 2.28 bits per heavy atom. The van der Waals surface area contributed by atoms with Crippen molar-refractivity contribution >= 4 is 33.5 Å². The molecule has 2 aromatic rings. The van der Waals surface area contributed by atoms with E-state index in [0.717, 1.165) is 10.2 Å². The van der Waals surface area contributed by atoms with Gasteiger partial charge >= 0.3 is 5.97 Å². The molecule has 0 fully saturated rings. The van der Waals surface area contributed by atoms with Crippen LogP contribution in [0.1, 0.15) is 12.1 Å². The highest BCUT2D eigenvalue weighted by molar-refractivity contribution is 9.10. The Hall–Kier alpha value is -1.40. The van der Waals surface area contributed by atoms with Crippen LogP contribution in [0.5, 0.6) is 0 Å². The Balaban J connectivity index is 2.18. The Morgan fingerprint density at radius 1 is 1.50 bits per heavy atom. The van der Waals surface area contributed by atoms with Crippen LogP contribution < -0.4 is 0 Å². The molecule has 0 aliphatic rings. The fourth-order valence-corrected chi connectivity index (χ4v) is 1.82. The molecule has 1 heterocycles. The van der Waals surface area contributed by atoms with Crippen molar-refractivity contribution in [3.63, 3.8) is 0 Å². The fourth-order valence-electron chi connectivity index (χ4n) is 1.40. The molecule has 0 spiro atoms. The lowest BCUT2D eigenvalue weighted by Crippen LogP contribution is -1.97. The van der Waals surface area contributed by atoms with Gasteiger partial charge in [-0.3, -0.25) is 4.79 Å². The minimum atomic E-state index is -0.851. The second kappa shape index (κ2) is 5.49. The van der Waals surface area contributed by atoms with Gasteiger partial charge in [-0.15, -0.1) is 5.10 Å². The first-order valence-corrected chi connectivity index (χ1v) is 6.32. The van der Waals surface area contributed by atoms with Crippen LogP contribution in [0.2, 0.25) is 5.02 Å². The van der Waals surface area contributed by atoms with Crippen LogP contribution in [0.25, 0.3) is 5.69 Å². The smallest absolute Gasteiger partial charge is 0.303 e. The van der Waals surface area contributed by atoms with E-state index in [1.165, 1.54) is 0 Å². The quantitative estimate of drug-likeness (QED) is 0.936. The summed E-state index contributed by atoms with van der Waals surface area (Å²) in [5.41, 5.74) is 1.41. The predicted molar refractivity (Wildman–Crippen MR) is 70.0 cm³/mol. The molecule has 7 heteroatoms. The van der Waals surface area contributed by atoms with Crippen molar-refractivity contribution in [2.45, 2.75) is 12.8 Å². The largest absolute Gasteiger partial charge is 0.481 e. The Labute approximate surface area is 117 Å². The molecule has 1 aromatic heterocycles. The van der Waals surface area contributed by atoms with Gasteiger partial charge in [0.05, 0.1) is 29.0 Å². The minimum Gasteiger partial charge on any atom is -0.481 e. The van der Waals surface area contributed by atoms with Crippen LogP contribution in [0.3, 0.4) is 0 Å².